The van der Waals surface area contributed by atoms with Crippen LogP contribution in [0.2, 0.25) is 0 Å². The molecular weight excluding hydrogens is 330 g/mol. The van der Waals surface area contributed by atoms with Crippen LogP contribution in [0.25, 0.3) is 6.08 Å². The Morgan fingerprint density at radius 2 is 2.09 bits per heavy atom. The molecule has 0 bridgehead atoms. The van der Waals surface area contributed by atoms with E-state index in [9.17, 15) is 4.79 Å². The average Bonchev–Trinajstić information content (AvgIpc) is 2.81. The zero-order chi connectivity index (χ0) is 16.8. The Labute approximate surface area is 146 Å². The SMILES string of the molecule is CCCCN1C(=O)/C(=C\c2ccc(OCC)c(OC)c2)SC1=S. The van der Waals surface area contributed by atoms with Crippen LogP contribution >= 0.6 is 24.0 Å². The molecule has 2 rings (SSSR count). The molecule has 6 heteroatoms. The first-order valence-electron chi connectivity index (χ1n) is 7.66. The number of thioether (sulfide) groups is 1. The first kappa shape index (κ1) is 17.8. The molecule has 23 heavy (non-hydrogen) atoms. The summed E-state index contributed by atoms with van der Waals surface area (Å²) in [5.41, 5.74) is 0.890. The molecule has 1 aliphatic heterocycles. The van der Waals surface area contributed by atoms with Gasteiger partial charge in [-0.2, -0.15) is 0 Å². The molecule has 1 aromatic rings. The second-order valence-corrected chi connectivity index (χ2v) is 6.71. The van der Waals surface area contributed by atoms with Gasteiger partial charge in [0.15, 0.2) is 11.5 Å². The van der Waals surface area contributed by atoms with Crippen LogP contribution in [0.15, 0.2) is 23.1 Å². The second-order valence-electron chi connectivity index (χ2n) is 5.03. The molecule has 0 unspecified atom stereocenters. The van der Waals surface area contributed by atoms with Crippen molar-refractivity contribution in [3.05, 3.63) is 28.7 Å². The van der Waals surface area contributed by atoms with E-state index in [1.165, 1.54) is 11.8 Å². The zero-order valence-corrected chi connectivity index (χ0v) is 15.3. The summed E-state index contributed by atoms with van der Waals surface area (Å²) >= 11 is 6.66. The molecule has 0 atom stereocenters. The number of hydrogen-bond donors (Lipinski definition) is 0. The summed E-state index contributed by atoms with van der Waals surface area (Å²) in [6, 6.07) is 5.63. The van der Waals surface area contributed by atoms with Crippen molar-refractivity contribution in [3.8, 4) is 11.5 Å². The van der Waals surface area contributed by atoms with Gasteiger partial charge in [0.2, 0.25) is 0 Å². The first-order valence-corrected chi connectivity index (χ1v) is 8.89. The van der Waals surface area contributed by atoms with Crippen LogP contribution in [-0.2, 0) is 4.79 Å². The minimum Gasteiger partial charge on any atom is -0.493 e. The maximum atomic E-state index is 12.4. The van der Waals surface area contributed by atoms with Gasteiger partial charge in [-0.1, -0.05) is 43.4 Å². The lowest BCUT2D eigenvalue weighted by atomic mass is 10.2. The van der Waals surface area contributed by atoms with Crippen LogP contribution in [0.5, 0.6) is 11.5 Å². The number of ether oxygens (including phenoxy) is 2. The molecule has 0 aliphatic carbocycles. The number of carbonyl (C=O) groups excluding carboxylic acids is 1. The summed E-state index contributed by atoms with van der Waals surface area (Å²) < 4.78 is 11.5. The summed E-state index contributed by atoms with van der Waals surface area (Å²) in [5.74, 6) is 1.34. The Kier molecular flexibility index (Phi) is 6.47. The van der Waals surface area contributed by atoms with Crippen molar-refractivity contribution in [2.75, 3.05) is 20.3 Å². The minimum atomic E-state index is -0.0127. The number of unbranched alkanes of at least 4 members (excludes halogenated alkanes) is 1. The van der Waals surface area contributed by atoms with Crippen molar-refractivity contribution in [1.82, 2.24) is 4.90 Å². The topological polar surface area (TPSA) is 38.8 Å². The monoisotopic (exact) mass is 351 g/mol. The van der Waals surface area contributed by atoms with Crippen molar-refractivity contribution in [2.24, 2.45) is 0 Å². The lowest BCUT2D eigenvalue weighted by Gasteiger charge is -2.13. The molecule has 0 aromatic heterocycles. The van der Waals surface area contributed by atoms with Crippen LogP contribution < -0.4 is 9.47 Å². The summed E-state index contributed by atoms with van der Waals surface area (Å²) in [5, 5.41) is 0. The fourth-order valence-electron chi connectivity index (χ4n) is 2.21. The minimum absolute atomic E-state index is 0.0127. The van der Waals surface area contributed by atoms with Gasteiger partial charge in [0.1, 0.15) is 4.32 Å². The summed E-state index contributed by atoms with van der Waals surface area (Å²) in [6.07, 6.45) is 3.84. The molecule has 1 amide bonds. The number of amides is 1. The van der Waals surface area contributed by atoms with Gasteiger partial charge in [-0.05, 0) is 37.1 Å². The highest BCUT2D eigenvalue weighted by molar-refractivity contribution is 8.26. The molecule has 1 aliphatic rings. The van der Waals surface area contributed by atoms with Crippen LogP contribution in [0, 0.1) is 0 Å². The molecule has 1 saturated heterocycles. The third kappa shape index (κ3) is 4.26. The number of benzene rings is 1. The molecule has 0 radical (unpaired) electrons. The smallest absolute Gasteiger partial charge is 0.266 e. The van der Waals surface area contributed by atoms with Gasteiger partial charge in [0, 0.05) is 6.54 Å². The van der Waals surface area contributed by atoms with E-state index >= 15 is 0 Å². The van der Waals surface area contributed by atoms with Gasteiger partial charge in [0.05, 0.1) is 18.6 Å². The maximum absolute atomic E-state index is 12.4. The third-order valence-corrected chi connectivity index (χ3v) is 4.77. The van der Waals surface area contributed by atoms with E-state index in [4.69, 9.17) is 21.7 Å². The highest BCUT2D eigenvalue weighted by Crippen LogP contribution is 2.34. The molecule has 124 valence electrons. The van der Waals surface area contributed by atoms with Crippen LogP contribution in [0.1, 0.15) is 32.3 Å². The standard InChI is InChI=1S/C17H21NO3S2/c1-4-6-9-18-16(19)15(23-17(18)22)11-12-7-8-13(21-5-2)14(10-12)20-3/h7-8,10-11H,4-6,9H2,1-3H3/b15-11+. The van der Waals surface area contributed by atoms with E-state index in [1.807, 2.05) is 31.2 Å². The lowest BCUT2D eigenvalue weighted by molar-refractivity contribution is -0.122. The van der Waals surface area contributed by atoms with Crippen molar-refractivity contribution in [1.29, 1.82) is 0 Å². The largest absolute Gasteiger partial charge is 0.493 e. The molecule has 1 aromatic carbocycles. The summed E-state index contributed by atoms with van der Waals surface area (Å²) in [6.45, 7) is 5.28. The Hall–Kier alpha value is -1.53. The number of methoxy groups -OCH3 is 1. The van der Waals surface area contributed by atoms with Crippen molar-refractivity contribution < 1.29 is 14.3 Å². The third-order valence-electron chi connectivity index (χ3n) is 3.39. The Bertz CT molecular complexity index is 628. The van der Waals surface area contributed by atoms with Crippen LogP contribution in [0.4, 0.5) is 0 Å². The van der Waals surface area contributed by atoms with Crippen molar-refractivity contribution in [2.45, 2.75) is 26.7 Å². The van der Waals surface area contributed by atoms with Gasteiger partial charge in [0.25, 0.3) is 5.91 Å². The molecule has 1 fully saturated rings. The second kappa shape index (κ2) is 8.36. The highest BCUT2D eigenvalue weighted by Gasteiger charge is 2.31. The van der Waals surface area contributed by atoms with Crippen LogP contribution in [0.3, 0.4) is 0 Å². The fourth-order valence-corrected chi connectivity index (χ4v) is 3.52. The van der Waals surface area contributed by atoms with Gasteiger partial charge < -0.3 is 9.47 Å². The van der Waals surface area contributed by atoms with Gasteiger partial charge in [-0.15, -0.1) is 0 Å². The van der Waals surface area contributed by atoms with Gasteiger partial charge in [-0.25, -0.2) is 0 Å². The van der Waals surface area contributed by atoms with E-state index in [0.29, 0.717) is 33.9 Å². The molecule has 4 nitrogen and oxygen atoms in total. The van der Waals surface area contributed by atoms with E-state index in [-0.39, 0.29) is 5.91 Å². The number of nitrogens with zero attached hydrogens (tertiary/aromatic N) is 1. The number of carbonyl (C=O) groups is 1. The van der Waals surface area contributed by atoms with E-state index < -0.39 is 0 Å². The summed E-state index contributed by atoms with van der Waals surface area (Å²) in [4.78, 5) is 14.8. The van der Waals surface area contributed by atoms with Crippen LogP contribution in [-0.4, -0.2) is 35.4 Å². The average molecular weight is 351 g/mol. The number of thiocarbonyl (C=S) groups is 1. The Balaban J connectivity index is 2.21. The summed E-state index contributed by atoms with van der Waals surface area (Å²) in [7, 11) is 1.60. The number of hydrogen-bond acceptors (Lipinski definition) is 5. The maximum Gasteiger partial charge on any atom is 0.266 e. The van der Waals surface area contributed by atoms with E-state index in [2.05, 4.69) is 6.92 Å². The van der Waals surface area contributed by atoms with Gasteiger partial charge >= 0.3 is 0 Å². The Morgan fingerprint density at radius 1 is 1.30 bits per heavy atom. The molecule has 0 spiro atoms. The molecule has 1 heterocycles. The van der Waals surface area contributed by atoms with Crippen molar-refractivity contribution in [3.63, 3.8) is 0 Å². The van der Waals surface area contributed by atoms with E-state index in [1.54, 1.807) is 12.0 Å². The molecule has 0 saturated carbocycles. The predicted octanol–water partition coefficient (Wildman–Crippen LogP) is 4.10. The molecule has 0 N–H and O–H groups in total. The molecular formula is C17H21NO3S2. The predicted molar refractivity (Wildman–Crippen MR) is 99.0 cm³/mol. The zero-order valence-electron chi connectivity index (χ0n) is 13.6. The lowest BCUT2D eigenvalue weighted by Crippen LogP contribution is -2.28. The first-order chi connectivity index (χ1) is 11.1. The normalized spacial score (nSPS) is 16.3. The fraction of sp³-hybridized carbons (Fsp3) is 0.412. The van der Waals surface area contributed by atoms with E-state index in [0.717, 1.165) is 18.4 Å². The van der Waals surface area contributed by atoms with Crippen molar-refractivity contribution >= 4 is 40.3 Å². The van der Waals surface area contributed by atoms with Gasteiger partial charge in [-0.3, -0.25) is 9.69 Å². The number of rotatable bonds is 7. The quantitative estimate of drug-likeness (QED) is 0.546. The Morgan fingerprint density at radius 3 is 2.74 bits per heavy atom. The highest BCUT2D eigenvalue weighted by atomic mass is 32.2.